The molecule has 1 atom stereocenters. The Morgan fingerprint density at radius 1 is 1.37 bits per heavy atom. The molecule has 19 heavy (non-hydrogen) atoms. The van der Waals surface area contributed by atoms with Gasteiger partial charge in [-0.3, -0.25) is 14.6 Å². The third-order valence-electron chi connectivity index (χ3n) is 2.24. The molecule has 1 aromatic rings. The van der Waals surface area contributed by atoms with E-state index in [-0.39, 0.29) is 12.1 Å². The summed E-state index contributed by atoms with van der Waals surface area (Å²) in [6.45, 7) is -0.0206. The lowest BCUT2D eigenvalue weighted by atomic mass is 10.2. The van der Waals surface area contributed by atoms with Gasteiger partial charge in [0.05, 0.1) is 30.3 Å². The van der Waals surface area contributed by atoms with Gasteiger partial charge in [0, 0.05) is 6.20 Å². The molecule has 0 aliphatic rings. The van der Waals surface area contributed by atoms with E-state index in [1.54, 1.807) is 0 Å². The zero-order chi connectivity index (χ0) is 14.4. The number of nitrogens with zero attached hydrogens (tertiary/aromatic N) is 1. The molecule has 8 nitrogen and oxygen atoms in total. The van der Waals surface area contributed by atoms with Gasteiger partial charge >= 0.3 is 11.9 Å². The Kier molecular flexibility index (Phi) is 4.95. The van der Waals surface area contributed by atoms with Crippen LogP contribution in [0.1, 0.15) is 22.5 Å². The van der Waals surface area contributed by atoms with Crippen molar-refractivity contribution in [2.45, 2.75) is 19.0 Å². The minimum Gasteiger partial charge on any atom is -0.481 e. The van der Waals surface area contributed by atoms with E-state index in [1.165, 1.54) is 18.3 Å². The molecule has 102 valence electrons. The number of amides is 1. The van der Waals surface area contributed by atoms with Crippen molar-refractivity contribution in [1.82, 2.24) is 10.3 Å². The molecule has 0 aliphatic heterocycles. The second-order valence-corrected chi connectivity index (χ2v) is 3.76. The van der Waals surface area contributed by atoms with E-state index < -0.39 is 30.3 Å². The van der Waals surface area contributed by atoms with Gasteiger partial charge in [0.2, 0.25) is 5.91 Å². The Morgan fingerprint density at radius 3 is 2.63 bits per heavy atom. The lowest BCUT2D eigenvalue weighted by Gasteiger charge is -2.09. The van der Waals surface area contributed by atoms with Crippen molar-refractivity contribution in [3.05, 3.63) is 29.6 Å². The van der Waals surface area contributed by atoms with Crippen LogP contribution in [0.25, 0.3) is 0 Å². The average Bonchev–Trinajstić information content (AvgIpc) is 2.35. The predicted molar refractivity (Wildman–Crippen MR) is 63.3 cm³/mol. The summed E-state index contributed by atoms with van der Waals surface area (Å²) in [6, 6.07) is 1.48. The van der Waals surface area contributed by atoms with E-state index in [4.69, 9.17) is 15.9 Å². The van der Waals surface area contributed by atoms with Gasteiger partial charge in [0.25, 0.3) is 0 Å². The molecule has 1 amide bonds. The third-order valence-corrected chi connectivity index (χ3v) is 2.24. The number of hydrogen-bond acceptors (Lipinski definition) is 5. The first-order valence-corrected chi connectivity index (χ1v) is 5.33. The molecule has 0 fully saturated rings. The minimum atomic E-state index is -1.17. The number of carbonyl (C=O) groups excluding carboxylic acids is 1. The number of carboxylic acid groups (broad SMARTS) is 2. The van der Waals surface area contributed by atoms with Crippen molar-refractivity contribution in [2.24, 2.45) is 5.73 Å². The van der Waals surface area contributed by atoms with E-state index in [9.17, 15) is 14.4 Å². The van der Waals surface area contributed by atoms with Gasteiger partial charge in [0.15, 0.2) is 0 Å². The molecule has 0 bridgehead atoms. The maximum atomic E-state index is 11.4. The SMILES string of the molecule is NC(CC(=O)O)C(=O)NCc1cc(C(=O)O)ccn1. The summed E-state index contributed by atoms with van der Waals surface area (Å²) in [5.74, 6) is -2.91. The number of nitrogens with two attached hydrogens (primary N) is 1. The zero-order valence-electron chi connectivity index (χ0n) is 9.87. The number of aliphatic carboxylic acids is 1. The van der Waals surface area contributed by atoms with Gasteiger partial charge < -0.3 is 21.3 Å². The predicted octanol–water partition coefficient (Wildman–Crippen LogP) is -0.802. The molecule has 5 N–H and O–H groups in total. The Morgan fingerprint density at radius 2 is 2.05 bits per heavy atom. The first-order chi connectivity index (χ1) is 8.90. The van der Waals surface area contributed by atoms with Gasteiger partial charge in [0.1, 0.15) is 0 Å². The maximum absolute atomic E-state index is 11.4. The van der Waals surface area contributed by atoms with Gasteiger partial charge in [-0.1, -0.05) is 0 Å². The molecule has 0 spiro atoms. The lowest BCUT2D eigenvalue weighted by molar-refractivity contribution is -0.139. The number of nitrogens with one attached hydrogen (secondary N) is 1. The van der Waals surface area contributed by atoms with Crippen LogP contribution in [0, 0.1) is 0 Å². The topological polar surface area (TPSA) is 143 Å². The number of rotatable bonds is 6. The Balaban J connectivity index is 2.57. The van der Waals surface area contributed by atoms with E-state index >= 15 is 0 Å². The number of hydrogen-bond donors (Lipinski definition) is 4. The van der Waals surface area contributed by atoms with Crippen LogP contribution in [0.4, 0.5) is 0 Å². The molecular formula is C11H13N3O5. The number of carboxylic acids is 2. The first kappa shape index (κ1) is 14.6. The van der Waals surface area contributed by atoms with Crippen molar-refractivity contribution in [1.29, 1.82) is 0 Å². The van der Waals surface area contributed by atoms with E-state index in [0.717, 1.165) is 0 Å². The van der Waals surface area contributed by atoms with Crippen molar-refractivity contribution < 1.29 is 24.6 Å². The summed E-state index contributed by atoms with van der Waals surface area (Å²) in [5.41, 5.74) is 5.75. The van der Waals surface area contributed by atoms with Crippen LogP contribution in [-0.4, -0.2) is 39.1 Å². The second-order valence-electron chi connectivity index (χ2n) is 3.76. The molecule has 0 aliphatic carbocycles. The molecule has 0 aromatic carbocycles. The molecule has 0 saturated heterocycles. The summed E-state index contributed by atoms with van der Waals surface area (Å²) in [4.78, 5) is 36.4. The van der Waals surface area contributed by atoms with Crippen LogP contribution in [0.15, 0.2) is 18.3 Å². The van der Waals surface area contributed by atoms with Gasteiger partial charge in [-0.15, -0.1) is 0 Å². The minimum absolute atomic E-state index is 0.0206. The highest BCUT2D eigenvalue weighted by Gasteiger charge is 2.16. The van der Waals surface area contributed by atoms with Crippen LogP contribution in [0.2, 0.25) is 0 Å². The van der Waals surface area contributed by atoms with Crippen LogP contribution in [0.5, 0.6) is 0 Å². The molecule has 0 saturated carbocycles. The quantitative estimate of drug-likeness (QED) is 0.528. The summed E-state index contributed by atoms with van der Waals surface area (Å²) < 4.78 is 0. The smallest absolute Gasteiger partial charge is 0.335 e. The normalized spacial score (nSPS) is 11.6. The monoisotopic (exact) mass is 267 g/mol. The largest absolute Gasteiger partial charge is 0.481 e. The van der Waals surface area contributed by atoms with E-state index in [2.05, 4.69) is 10.3 Å². The summed E-state index contributed by atoms with van der Waals surface area (Å²) in [7, 11) is 0. The second kappa shape index (κ2) is 6.45. The van der Waals surface area contributed by atoms with Crippen molar-refractivity contribution in [3.8, 4) is 0 Å². The summed E-state index contributed by atoms with van der Waals surface area (Å²) >= 11 is 0. The molecular weight excluding hydrogens is 254 g/mol. The Labute approximate surface area is 108 Å². The Bertz CT molecular complexity index is 503. The number of carbonyl (C=O) groups is 3. The summed E-state index contributed by atoms with van der Waals surface area (Å²) in [5, 5.41) is 19.6. The first-order valence-electron chi connectivity index (χ1n) is 5.33. The van der Waals surface area contributed by atoms with E-state index in [1.807, 2.05) is 0 Å². The van der Waals surface area contributed by atoms with Crippen LogP contribution in [0.3, 0.4) is 0 Å². The van der Waals surface area contributed by atoms with Crippen molar-refractivity contribution in [3.63, 3.8) is 0 Å². The fraction of sp³-hybridized carbons (Fsp3) is 0.273. The molecule has 1 heterocycles. The highest BCUT2D eigenvalue weighted by atomic mass is 16.4. The molecule has 1 unspecified atom stereocenters. The van der Waals surface area contributed by atoms with Crippen LogP contribution >= 0.6 is 0 Å². The lowest BCUT2D eigenvalue weighted by Crippen LogP contribution is -2.41. The fourth-order valence-electron chi connectivity index (χ4n) is 1.30. The molecule has 1 rings (SSSR count). The van der Waals surface area contributed by atoms with Gasteiger partial charge in [-0.2, -0.15) is 0 Å². The Hall–Kier alpha value is -2.48. The van der Waals surface area contributed by atoms with Crippen molar-refractivity contribution >= 4 is 17.8 Å². The molecule has 8 heteroatoms. The number of pyridine rings is 1. The standard InChI is InChI=1S/C11H13N3O5/c12-8(4-9(15)16)10(17)14-5-7-3-6(11(18)19)1-2-13-7/h1-3,8H,4-5,12H2,(H,14,17)(H,15,16)(H,18,19). The highest BCUT2D eigenvalue weighted by Crippen LogP contribution is 2.01. The maximum Gasteiger partial charge on any atom is 0.335 e. The average molecular weight is 267 g/mol. The molecule has 1 aromatic heterocycles. The number of aromatic nitrogens is 1. The van der Waals surface area contributed by atoms with Gasteiger partial charge in [-0.25, -0.2) is 4.79 Å². The highest BCUT2D eigenvalue weighted by molar-refractivity contribution is 5.87. The van der Waals surface area contributed by atoms with Crippen LogP contribution in [-0.2, 0) is 16.1 Å². The number of aromatic carboxylic acids is 1. The summed E-state index contributed by atoms with van der Waals surface area (Å²) in [6.07, 6.45) is 0.830. The third kappa shape index (κ3) is 4.72. The van der Waals surface area contributed by atoms with Crippen LogP contribution < -0.4 is 11.1 Å². The van der Waals surface area contributed by atoms with E-state index in [0.29, 0.717) is 5.69 Å². The zero-order valence-corrected chi connectivity index (χ0v) is 9.87. The molecule has 0 radical (unpaired) electrons. The fourth-order valence-corrected chi connectivity index (χ4v) is 1.30. The van der Waals surface area contributed by atoms with Crippen molar-refractivity contribution in [2.75, 3.05) is 0 Å². The van der Waals surface area contributed by atoms with Gasteiger partial charge in [-0.05, 0) is 12.1 Å².